The number of nitrogens with zero attached hydrogens (tertiary/aromatic N) is 3. The van der Waals surface area contributed by atoms with Crippen LogP contribution < -0.4 is 10.6 Å². The second-order valence-electron chi connectivity index (χ2n) is 7.30. The molecule has 2 heterocycles. The van der Waals surface area contributed by atoms with Crippen LogP contribution in [0.2, 0.25) is 0 Å². The molecule has 2 amide bonds. The van der Waals surface area contributed by atoms with Crippen LogP contribution in [0.3, 0.4) is 0 Å². The number of hydrogen-bond donors (Lipinski definition) is 2. The van der Waals surface area contributed by atoms with Crippen molar-refractivity contribution in [2.24, 2.45) is 5.92 Å². The molecule has 1 fully saturated rings. The second-order valence-corrected chi connectivity index (χ2v) is 9.50. The largest absolute Gasteiger partial charge is 0.342 e. The van der Waals surface area contributed by atoms with E-state index < -0.39 is 0 Å². The number of halogens is 1. The van der Waals surface area contributed by atoms with E-state index in [1.165, 1.54) is 35.2 Å². The van der Waals surface area contributed by atoms with Gasteiger partial charge in [-0.3, -0.25) is 9.59 Å². The van der Waals surface area contributed by atoms with Gasteiger partial charge < -0.3 is 15.5 Å². The van der Waals surface area contributed by atoms with Crippen molar-refractivity contribution in [1.29, 1.82) is 0 Å². The summed E-state index contributed by atoms with van der Waals surface area (Å²) < 4.78 is 13.7. The van der Waals surface area contributed by atoms with Crippen LogP contribution in [-0.2, 0) is 9.59 Å². The highest BCUT2D eigenvalue weighted by Crippen LogP contribution is 2.28. The number of piperidine rings is 1. The van der Waals surface area contributed by atoms with Gasteiger partial charge in [0.2, 0.25) is 16.9 Å². The molecular weight excluding hydrogens is 449 g/mol. The molecule has 0 unspecified atom stereocenters. The van der Waals surface area contributed by atoms with Crippen LogP contribution in [0.15, 0.2) is 58.9 Å². The van der Waals surface area contributed by atoms with Crippen LogP contribution in [0, 0.1) is 11.7 Å². The quantitative estimate of drug-likeness (QED) is 0.497. The average Bonchev–Trinajstić information content (AvgIpc) is 3.27. The summed E-state index contributed by atoms with van der Waals surface area (Å²) in [5, 5.41) is 14.7. The Bertz CT molecular complexity index is 1050. The highest BCUT2D eigenvalue weighted by molar-refractivity contribution is 8.01. The Kier molecular flexibility index (Phi) is 7.33. The molecule has 3 aromatic rings. The number of thioether (sulfide) groups is 1. The van der Waals surface area contributed by atoms with Gasteiger partial charge in [0.05, 0.1) is 5.75 Å². The number of likely N-dealkylation sites (tertiary alicyclic amines) is 1. The average molecular weight is 472 g/mol. The first-order valence-corrected chi connectivity index (χ1v) is 12.0. The molecular formula is C22H22FN5O2S2. The summed E-state index contributed by atoms with van der Waals surface area (Å²) in [4.78, 5) is 26.8. The Hall–Kier alpha value is -2.98. The fraction of sp³-hybridized carbons (Fsp3) is 0.273. The summed E-state index contributed by atoms with van der Waals surface area (Å²) in [6, 6.07) is 15.4. The van der Waals surface area contributed by atoms with Gasteiger partial charge in [-0.05, 0) is 49.2 Å². The molecule has 0 radical (unpaired) electrons. The predicted molar refractivity (Wildman–Crippen MR) is 125 cm³/mol. The minimum Gasteiger partial charge on any atom is -0.342 e. The number of carbonyl (C=O) groups excluding carboxylic acids is 2. The van der Waals surface area contributed by atoms with Crippen LogP contribution in [0.5, 0.6) is 0 Å². The SMILES string of the molecule is O=C(Nc1ccccc1)C1CCN(C(=O)CSc2nnc(Nc3ccc(F)cc3)s2)CC1. The number of nitrogens with one attached hydrogen (secondary N) is 2. The van der Waals surface area contributed by atoms with Crippen LogP contribution >= 0.6 is 23.1 Å². The van der Waals surface area contributed by atoms with Crippen LogP contribution in [-0.4, -0.2) is 45.8 Å². The summed E-state index contributed by atoms with van der Waals surface area (Å²) in [5.74, 6) is -0.0852. The van der Waals surface area contributed by atoms with Crippen molar-refractivity contribution in [2.75, 3.05) is 29.5 Å². The van der Waals surface area contributed by atoms with Crippen molar-refractivity contribution < 1.29 is 14.0 Å². The highest BCUT2D eigenvalue weighted by atomic mass is 32.2. The van der Waals surface area contributed by atoms with E-state index in [2.05, 4.69) is 20.8 Å². The minimum atomic E-state index is -0.302. The van der Waals surface area contributed by atoms with Gasteiger partial charge in [-0.25, -0.2) is 4.39 Å². The first-order chi connectivity index (χ1) is 15.6. The predicted octanol–water partition coefficient (Wildman–Crippen LogP) is 4.39. The van der Waals surface area contributed by atoms with Crippen molar-refractivity contribution >= 4 is 51.4 Å². The first-order valence-electron chi connectivity index (χ1n) is 10.2. The maximum Gasteiger partial charge on any atom is 0.233 e. The summed E-state index contributed by atoms with van der Waals surface area (Å²) in [7, 11) is 0. The Morgan fingerprint density at radius 2 is 1.75 bits per heavy atom. The van der Waals surface area contributed by atoms with E-state index in [1.807, 2.05) is 30.3 Å². The minimum absolute atomic E-state index is 0.00715. The summed E-state index contributed by atoms with van der Waals surface area (Å²) in [6.07, 6.45) is 1.30. The summed E-state index contributed by atoms with van der Waals surface area (Å²) in [5.41, 5.74) is 1.51. The number of amides is 2. The molecule has 2 aromatic carbocycles. The molecule has 0 saturated carbocycles. The normalized spacial score (nSPS) is 14.2. The highest BCUT2D eigenvalue weighted by Gasteiger charge is 2.27. The number of rotatable bonds is 7. The molecule has 1 aliphatic heterocycles. The number of hydrogen-bond acceptors (Lipinski definition) is 7. The molecule has 0 aliphatic carbocycles. The molecule has 0 spiro atoms. The van der Waals surface area contributed by atoms with Crippen molar-refractivity contribution in [1.82, 2.24) is 15.1 Å². The van der Waals surface area contributed by atoms with Gasteiger partial charge in [-0.1, -0.05) is 41.3 Å². The van der Waals surface area contributed by atoms with Crippen molar-refractivity contribution in [2.45, 2.75) is 17.2 Å². The van der Waals surface area contributed by atoms with Gasteiger partial charge in [0.1, 0.15) is 5.82 Å². The van der Waals surface area contributed by atoms with E-state index >= 15 is 0 Å². The topological polar surface area (TPSA) is 87.2 Å². The number of carbonyl (C=O) groups is 2. The van der Waals surface area contributed by atoms with Crippen molar-refractivity contribution in [3.8, 4) is 0 Å². The number of anilines is 3. The standard InChI is InChI=1S/C22H22FN5O2S2/c23-16-6-8-18(9-7-16)25-21-26-27-22(32-21)31-14-19(29)28-12-10-15(11-13-28)20(30)24-17-4-2-1-3-5-17/h1-9,15H,10-14H2,(H,24,30)(H,25,26). The molecule has 0 atom stereocenters. The molecule has 166 valence electrons. The molecule has 0 bridgehead atoms. The van der Waals surface area contributed by atoms with Gasteiger partial charge in [-0.15, -0.1) is 10.2 Å². The van der Waals surface area contributed by atoms with Crippen LogP contribution in [0.1, 0.15) is 12.8 Å². The Balaban J connectivity index is 1.20. The zero-order chi connectivity index (χ0) is 22.3. The Morgan fingerprint density at radius 1 is 1.03 bits per heavy atom. The third-order valence-corrected chi connectivity index (χ3v) is 7.04. The smallest absolute Gasteiger partial charge is 0.233 e. The summed E-state index contributed by atoms with van der Waals surface area (Å²) in [6.45, 7) is 1.14. The molecule has 4 rings (SSSR count). The lowest BCUT2D eigenvalue weighted by atomic mass is 9.96. The first kappa shape index (κ1) is 22.2. The van der Waals surface area contributed by atoms with E-state index in [-0.39, 0.29) is 29.3 Å². The van der Waals surface area contributed by atoms with Gasteiger partial charge in [0.25, 0.3) is 0 Å². The van der Waals surface area contributed by atoms with E-state index in [1.54, 1.807) is 17.0 Å². The van der Waals surface area contributed by atoms with Gasteiger partial charge in [-0.2, -0.15) is 0 Å². The third-order valence-electron chi connectivity index (χ3n) is 5.08. The second kappa shape index (κ2) is 10.6. The Morgan fingerprint density at radius 3 is 2.47 bits per heavy atom. The molecule has 32 heavy (non-hydrogen) atoms. The van der Waals surface area contributed by atoms with E-state index in [9.17, 15) is 14.0 Å². The van der Waals surface area contributed by atoms with Crippen molar-refractivity contribution in [3.05, 3.63) is 60.4 Å². The van der Waals surface area contributed by atoms with Crippen LogP contribution in [0.25, 0.3) is 0 Å². The van der Waals surface area contributed by atoms with Gasteiger partial charge >= 0.3 is 0 Å². The van der Waals surface area contributed by atoms with E-state index in [4.69, 9.17) is 0 Å². The number of para-hydroxylation sites is 1. The van der Waals surface area contributed by atoms with Gasteiger partial charge in [0.15, 0.2) is 4.34 Å². The molecule has 1 aromatic heterocycles. The zero-order valence-corrected chi connectivity index (χ0v) is 18.8. The molecule has 1 saturated heterocycles. The van der Waals surface area contributed by atoms with E-state index in [0.717, 1.165) is 5.69 Å². The molecule has 10 heteroatoms. The fourth-order valence-electron chi connectivity index (χ4n) is 3.35. The van der Waals surface area contributed by atoms with E-state index in [0.29, 0.717) is 41.1 Å². The summed E-state index contributed by atoms with van der Waals surface area (Å²) >= 11 is 2.68. The lowest BCUT2D eigenvalue weighted by molar-refractivity contribution is -0.132. The third kappa shape index (κ3) is 6.04. The maximum absolute atomic E-state index is 13.0. The molecule has 2 N–H and O–H groups in total. The van der Waals surface area contributed by atoms with Gasteiger partial charge in [0, 0.05) is 30.4 Å². The lowest BCUT2D eigenvalue weighted by Gasteiger charge is -2.31. The fourth-order valence-corrected chi connectivity index (χ4v) is 5.02. The number of aromatic nitrogens is 2. The molecule has 1 aliphatic rings. The van der Waals surface area contributed by atoms with Crippen LogP contribution in [0.4, 0.5) is 20.9 Å². The lowest BCUT2D eigenvalue weighted by Crippen LogP contribution is -2.42. The number of benzene rings is 2. The van der Waals surface area contributed by atoms with Crippen molar-refractivity contribution in [3.63, 3.8) is 0 Å². The Labute approximate surface area is 193 Å². The maximum atomic E-state index is 13.0. The molecule has 7 nitrogen and oxygen atoms in total. The zero-order valence-electron chi connectivity index (χ0n) is 17.2. The monoisotopic (exact) mass is 471 g/mol.